The molecule has 1 saturated heterocycles. The highest BCUT2D eigenvalue weighted by molar-refractivity contribution is 5.41. The monoisotopic (exact) mass is 339 g/mol. The van der Waals surface area contributed by atoms with Crippen LogP contribution >= 0.6 is 0 Å². The maximum atomic E-state index is 5.55. The van der Waals surface area contributed by atoms with E-state index in [0.717, 1.165) is 49.7 Å². The van der Waals surface area contributed by atoms with Crippen LogP contribution in [0.4, 0.5) is 0 Å². The highest BCUT2D eigenvalue weighted by Crippen LogP contribution is 2.25. The number of benzene rings is 1. The van der Waals surface area contributed by atoms with Gasteiger partial charge in [-0.1, -0.05) is 30.3 Å². The Morgan fingerprint density at radius 1 is 1.12 bits per heavy atom. The molecule has 3 rings (SSSR count). The number of hydrogen-bond donors (Lipinski definition) is 0. The van der Waals surface area contributed by atoms with Gasteiger partial charge in [0.1, 0.15) is 5.75 Å². The van der Waals surface area contributed by atoms with Crippen molar-refractivity contribution >= 4 is 0 Å². The van der Waals surface area contributed by atoms with E-state index in [0.29, 0.717) is 6.04 Å². The lowest BCUT2D eigenvalue weighted by atomic mass is 10.1. The van der Waals surface area contributed by atoms with Crippen LogP contribution in [0.3, 0.4) is 0 Å². The summed E-state index contributed by atoms with van der Waals surface area (Å²) in [6.45, 7) is 11.7. The van der Waals surface area contributed by atoms with Crippen LogP contribution < -0.4 is 4.74 Å². The van der Waals surface area contributed by atoms with Crippen molar-refractivity contribution in [3.05, 3.63) is 58.9 Å². The topological polar surface area (TPSA) is 28.6 Å². The highest BCUT2D eigenvalue weighted by atomic mass is 16.5. The van der Waals surface area contributed by atoms with Crippen molar-refractivity contribution in [2.24, 2.45) is 0 Å². The third kappa shape index (κ3) is 4.20. The van der Waals surface area contributed by atoms with E-state index in [9.17, 15) is 0 Å². The lowest BCUT2D eigenvalue weighted by Gasteiger charge is -2.40. The molecule has 1 aromatic heterocycles. The molecule has 4 heteroatoms. The molecule has 0 bridgehead atoms. The maximum absolute atomic E-state index is 5.55. The Hall–Kier alpha value is -1.91. The lowest BCUT2D eigenvalue weighted by Crippen LogP contribution is -2.51. The lowest BCUT2D eigenvalue weighted by molar-refractivity contribution is 0.0721. The van der Waals surface area contributed by atoms with Crippen molar-refractivity contribution in [3.63, 3.8) is 0 Å². The number of aromatic nitrogens is 1. The van der Waals surface area contributed by atoms with Crippen LogP contribution in [0.5, 0.6) is 5.75 Å². The van der Waals surface area contributed by atoms with Gasteiger partial charge in [-0.05, 0) is 26.3 Å². The second-order valence-electron chi connectivity index (χ2n) is 7.09. The summed E-state index contributed by atoms with van der Waals surface area (Å²) < 4.78 is 5.55. The van der Waals surface area contributed by atoms with E-state index in [4.69, 9.17) is 4.74 Å². The number of aryl methyl sites for hydroxylation is 1. The minimum atomic E-state index is 0.519. The Bertz CT molecular complexity index is 702. The van der Waals surface area contributed by atoms with Gasteiger partial charge < -0.3 is 4.74 Å². The Kier molecular flexibility index (Phi) is 5.71. The molecular weight excluding hydrogens is 310 g/mol. The van der Waals surface area contributed by atoms with Crippen LogP contribution in [0, 0.1) is 13.8 Å². The van der Waals surface area contributed by atoms with E-state index in [1.54, 1.807) is 7.11 Å². The predicted molar refractivity (Wildman–Crippen MR) is 102 cm³/mol. The number of nitrogens with zero attached hydrogens (tertiary/aromatic N) is 3. The van der Waals surface area contributed by atoms with E-state index in [2.05, 4.69) is 59.0 Å². The molecule has 2 aromatic rings. The van der Waals surface area contributed by atoms with Gasteiger partial charge in [-0.15, -0.1) is 0 Å². The van der Waals surface area contributed by atoms with E-state index in [1.165, 1.54) is 11.1 Å². The van der Waals surface area contributed by atoms with Crippen LogP contribution in [0.2, 0.25) is 0 Å². The highest BCUT2D eigenvalue weighted by Gasteiger charge is 2.25. The quantitative estimate of drug-likeness (QED) is 0.835. The summed E-state index contributed by atoms with van der Waals surface area (Å²) in [7, 11) is 1.74. The molecule has 0 radical (unpaired) electrons. The second-order valence-corrected chi connectivity index (χ2v) is 7.09. The van der Waals surface area contributed by atoms with Crippen molar-refractivity contribution in [3.8, 4) is 5.75 Å². The zero-order valence-corrected chi connectivity index (χ0v) is 15.8. The minimum Gasteiger partial charge on any atom is -0.496 e. The molecule has 0 saturated carbocycles. The van der Waals surface area contributed by atoms with Gasteiger partial charge in [0, 0.05) is 56.1 Å². The van der Waals surface area contributed by atoms with Gasteiger partial charge in [0.15, 0.2) is 0 Å². The first-order valence-corrected chi connectivity index (χ1v) is 9.08. The molecule has 2 heterocycles. The Morgan fingerprint density at radius 3 is 2.56 bits per heavy atom. The van der Waals surface area contributed by atoms with Crippen LogP contribution in [-0.2, 0) is 13.1 Å². The number of ether oxygens (including phenoxy) is 1. The first-order chi connectivity index (χ1) is 12.1. The fourth-order valence-electron chi connectivity index (χ4n) is 3.71. The largest absolute Gasteiger partial charge is 0.496 e. The summed E-state index contributed by atoms with van der Waals surface area (Å²) in [4.78, 5) is 9.75. The average molecular weight is 339 g/mol. The Balaban J connectivity index is 1.62. The van der Waals surface area contributed by atoms with Crippen molar-refractivity contribution in [2.75, 3.05) is 26.7 Å². The number of hydrogen-bond acceptors (Lipinski definition) is 4. The molecule has 0 N–H and O–H groups in total. The fraction of sp³-hybridized carbons (Fsp3) is 0.476. The third-order valence-electron chi connectivity index (χ3n) is 5.20. The zero-order valence-electron chi connectivity index (χ0n) is 15.8. The van der Waals surface area contributed by atoms with Crippen LogP contribution in [0.15, 0.2) is 36.5 Å². The normalized spacial score (nSPS) is 19.1. The number of pyridine rings is 1. The van der Waals surface area contributed by atoms with Crippen molar-refractivity contribution in [2.45, 2.75) is 39.9 Å². The smallest absolute Gasteiger partial charge is 0.128 e. The molecule has 25 heavy (non-hydrogen) atoms. The molecule has 0 spiro atoms. The van der Waals surface area contributed by atoms with Gasteiger partial charge in [0.2, 0.25) is 0 Å². The van der Waals surface area contributed by atoms with Gasteiger partial charge in [-0.25, -0.2) is 0 Å². The molecular formula is C21H29N3O. The summed E-state index contributed by atoms with van der Waals surface area (Å²) in [6, 6.07) is 11.3. The molecule has 0 aliphatic carbocycles. The second kappa shape index (κ2) is 7.98. The SMILES string of the molecule is COc1c(C)cnc(CN2CCN(Cc3ccccc3)C[C@H]2C)c1C. The number of piperazine rings is 1. The molecule has 134 valence electrons. The third-order valence-corrected chi connectivity index (χ3v) is 5.20. The van der Waals surface area contributed by atoms with Crippen LogP contribution in [0.1, 0.15) is 29.3 Å². The first kappa shape index (κ1) is 17.9. The van der Waals surface area contributed by atoms with Crippen molar-refractivity contribution in [1.82, 2.24) is 14.8 Å². The van der Waals surface area contributed by atoms with Crippen molar-refractivity contribution < 1.29 is 4.74 Å². The molecule has 1 atom stereocenters. The van der Waals surface area contributed by atoms with Crippen LogP contribution in [0.25, 0.3) is 0 Å². The number of rotatable bonds is 5. The van der Waals surface area contributed by atoms with E-state index in [-0.39, 0.29) is 0 Å². The van der Waals surface area contributed by atoms with Gasteiger partial charge in [0.25, 0.3) is 0 Å². The average Bonchev–Trinajstić information content (AvgIpc) is 2.61. The molecule has 1 fully saturated rings. The molecule has 4 nitrogen and oxygen atoms in total. The van der Waals surface area contributed by atoms with E-state index < -0.39 is 0 Å². The minimum absolute atomic E-state index is 0.519. The van der Waals surface area contributed by atoms with Gasteiger partial charge in [0.05, 0.1) is 12.8 Å². The predicted octanol–water partition coefficient (Wildman–Crippen LogP) is 3.41. The molecule has 0 unspecified atom stereocenters. The van der Waals surface area contributed by atoms with Crippen LogP contribution in [-0.4, -0.2) is 47.6 Å². The van der Waals surface area contributed by atoms with Crippen molar-refractivity contribution in [1.29, 1.82) is 0 Å². The molecule has 1 aliphatic rings. The first-order valence-electron chi connectivity index (χ1n) is 9.08. The van der Waals surface area contributed by atoms with Gasteiger partial charge >= 0.3 is 0 Å². The molecule has 1 aliphatic heterocycles. The summed E-state index contributed by atoms with van der Waals surface area (Å²) >= 11 is 0. The van der Waals surface area contributed by atoms with Gasteiger partial charge in [-0.3, -0.25) is 14.8 Å². The standard InChI is InChI=1S/C21H29N3O/c1-16-12-22-20(18(3)21(16)25-4)15-24-11-10-23(13-17(24)2)14-19-8-6-5-7-9-19/h5-9,12,17H,10-11,13-15H2,1-4H3/t17-/m1/s1. The summed E-state index contributed by atoms with van der Waals surface area (Å²) in [5.74, 6) is 0.973. The summed E-state index contributed by atoms with van der Waals surface area (Å²) in [5.41, 5.74) is 4.79. The Labute approximate surface area is 151 Å². The summed E-state index contributed by atoms with van der Waals surface area (Å²) in [6.07, 6.45) is 1.93. The molecule has 0 amide bonds. The maximum Gasteiger partial charge on any atom is 0.128 e. The number of methoxy groups -OCH3 is 1. The Morgan fingerprint density at radius 2 is 1.88 bits per heavy atom. The summed E-state index contributed by atoms with van der Waals surface area (Å²) in [5, 5.41) is 0. The zero-order chi connectivity index (χ0) is 17.8. The van der Waals surface area contributed by atoms with E-state index in [1.807, 2.05) is 13.1 Å². The molecule has 1 aromatic carbocycles. The fourth-order valence-corrected chi connectivity index (χ4v) is 3.71. The van der Waals surface area contributed by atoms with E-state index >= 15 is 0 Å². The van der Waals surface area contributed by atoms with Gasteiger partial charge in [-0.2, -0.15) is 0 Å².